The van der Waals surface area contributed by atoms with Gasteiger partial charge in [-0.05, 0) is 60.3 Å². The predicted octanol–water partition coefficient (Wildman–Crippen LogP) is 5.79. The molecule has 0 radical (unpaired) electrons. The molecule has 4 rings (SSSR count). The van der Waals surface area contributed by atoms with Crippen LogP contribution in [0.2, 0.25) is 0 Å². The molecule has 0 fully saturated rings. The Morgan fingerprint density at radius 1 is 0.946 bits per heavy atom. The minimum absolute atomic E-state index is 0.00554. The number of phenols is 1. The molecule has 4 aromatic carbocycles. The van der Waals surface area contributed by atoms with Gasteiger partial charge in [-0.25, -0.2) is 0 Å². The molecule has 0 atom stereocenters. The first-order valence-corrected chi connectivity index (χ1v) is 12.3. The van der Waals surface area contributed by atoms with Crippen LogP contribution in [-0.2, 0) is 10.1 Å². The molecule has 0 saturated heterocycles. The van der Waals surface area contributed by atoms with Crippen LogP contribution in [0.1, 0.15) is 15.9 Å². The minimum Gasteiger partial charge on any atom is -0.505 e. The van der Waals surface area contributed by atoms with E-state index in [9.17, 15) is 22.9 Å². The van der Waals surface area contributed by atoms with Crippen molar-refractivity contribution in [2.45, 2.75) is 11.8 Å². The Bertz CT molecular complexity index is 1650. The van der Waals surface area contributed by atoms with E-state index in [4.69, 9.17) is 9.47 Å². The first-order chi connectivity index (χ1) is 17.6. The van der Waals surface area contributed by atoms with Crippen molar-refractivity contribution in [3.8, 4) is 17.2 Å². The number of benzene rings is 4. The Morgan fingerprint density at radius 3 is 2.38 bits per heavy atom. The number of methoxy groups -OCH3 is 2. The Morgan fingerprint density at radius 2 is 1.70 bits per heavy atom. The van der Waals surface area contributed by atoms with E-state index in [2.05, 4.69) is 15.5 Å². The van der Waals surface area contributed by atoms with Gasteiger partial charge in [0.25, 0.3) is 16.0 Å². The highest BCUT2D eigenvalue weighted by molar-refractivity contribution is 7.85. The fraction of sp³-hybridized carbons (Fsp3) is 0.115. The van der Waals surface area contributed by atoms with Crippen LogP contribution in [0.5, 0.6) is 17.2 Å². The molecule has 3 N–H and O–H groups in total. The Kier molecular flexibility index (Phi) is 7.09. The fourth-order valence-corrected chi connectivity index (χ4v) is 4.20. The van der Waals surface area contributed by atoms with Crippen molar-refractivity contribution in [3.63, 3.8) is 0 Å². The SMILES string of the molecule is COc1ccc(NC(=O)c2cc3ccccc3c(N=Nc3cc(S(=O)(=O)O)ccc3OC)c2O)c(C)c1. The average Bonchev–Trinajstić information content (AvgIpc) is 2.88. The second-order valence-electron chi connectivity index (χ2n) is 7.99. The van der Waals surface area contributed by atoms with Crippen molar-refractivity contribution < 1.29 is 32.3 Å². The summed E-state index contributed by atoms with van der Waals surface area (Å²) < 4.78 is 42.9. The smallest absolute Gasteiger partial charge is 0.294 e. The number of carbonyl (C=O) groups is 1. The van der Waals surface area contributed by atoms with Gasteiger partial charge in [-0.3, -0.25) is 9.35 Å². The van der Waals surface area contributed by atoms with E-state index >= 15 is 0 Å². The largest absolute Gasteiger partial charge is 0.505 e. The number of hydrogen-bond donors (Lipinski definition) is 3. The molecule has 4 aromatic rings. The van der Waals surface area contributed by atoms with Crippen LogP contribution in [0.15, 0.2) is 81.9 Å². The van der Waals surface area contributed by atoms with Crippen molar-refractivity contribution in [2.75, 3.05) is 19.5 Å². The number of nitrogens with one attached hydrogen (secondary N) is 1. The van der Waals surface area contributed by atoms with E-state index in [0.717, 1.165) is 17.7 Å². The number of fused-ring (bicyclic) bond motifs is 1. The summed E-state index contributed by atoms with van der Waals surface area (Å²) in [5.74, 6) is -0.168. The molecule has 0 spiro atoms. The van der Waals surface area contributed by atoms with Crippen molar-refractivity contribution in [2.24, 2.45) is 10.2 Å². The fourth-order valence-electron chi connectivity index (χ4n) is 3.70. The maximum atomic E-state index is 13.2. The van der Waals surface area contributed by atoms with Gasteiger partial charge in [-0.2, -0.15) is 8.42 Å². The van der Waals surface area contributed by atoms with Gasteiger partial charge in [-0.1, -0.05) is 24.3 Å². The molecule has 0 aliphatic carbocycles. The van der Waals surface area contributed by atoms with Gasteiger partial charge >= 0.3 is 0 Å². The topological polar surface area (TPSA) is 147 Å². The molecule has 0 saturated carbocycles. The number of hydrogen-bond acceptors (Lipinski definition) is 8. The Hall–Kier alpha value is -4.48. The van der Waals surface area contributed by atoms with E-state index in [1.807, 2.05) is 6.92 Å². The highest BCUT2D eigenvalue weighted by Crippen LogP contribution is 2.41. The van der Waals surface area contributed by atoms with Gasteiger partial charge in [-0.15, -0.1) is 10.2 Å². The van der Waals surface area contributed by atoms with E-state index in [0.29, 0.717) is 22.2 Å². The van der Waals surface area contributed by atoms with Crippen molar-refractivity contribution in [3.05, 3.63) is 77.9 Å². The van der Waals surface area contributed by atoms with Gasteiger partial charge in [0.05, 0.1) is 24.7 Å². The third-order valence-corrected chi connectivity index (χ3v) is 6.48. The number of phenolic OH excluding ortho intramolecular Hbond substituents is 1. The summed E-state index contributed by atoms with van der Waals surface area (Å²) in [5, 5.41) is 23.2. The summed E-state index contributed by atoms with van der Waals surface area (Å²) in [6, 6.07) is 17.2. The summed E-state index contributed by atoms with van der Waals surface area (Å²) in [4.78, 5) is 12.8. The molecule has 0 bridgehead atoms. The number of azo groups is 1. The zero-order valence-corrected chi connectivity index (χ0v) is 20.9. The molecule has 11 heteroatoms. The quantitative estimate of drug-likeness (QED) is 0.206. The molecule has 10 nitrogen and oxygen atoms in total. The molecule has 0 aliphatic heterocycles. The molecule has 0 aromatic heterocycles. The predicted molar refractivity (Wildman–Crippen MR) is 138 cm³/mol. The van der Waals surface area contributed by atoms with E-state index < -0.39 is 26.7 Å². The lowest BCUT2D eigenvalue weighted by atomic mass is 10.0. The Balaban J connectivity index is 1.80. The Labute approximate surface area is 212 Å². The third kappa shape index (κ3) is 5.37. The number of amides is 1. The zero-order chi connectivity index (χ0) is 26.7. The molecule has 0 aliphatic rings. The summed E-state index contributed by atoms with van der Waals surface area (Å²) in [6.45, 7) is 1.81. The number of aromatic hydroxyl groups is 1. The van der Waals surface area contributed by atoms with Gasteiger partial charge in [0, 0.05) is 11.1 Å². The number of anilines is 1. The molecule has 1 amide bonds. The minimum atomic E-state index is -4.50. The van der Waals surface area contributed by atoms with E-state index in [1.54, 1.807) is 49.6 Å². The molecule has 0 heterocycles. The molecule has 190 valence electrons. The highest BCUT2D eigenvalue weighted by atomic mass is 32.2. The van der Waals surface area contributed by atoms with E-state index in [-0.39, 0.29) is 22.7 Å². The van der Waals surface area contributed by atoms with Crippen molar-refractivity contribution >= 4 is 43.9 Å². The summed E-state index contributed by atoms with van der Waals surface area (Å²) in [7, 11) is -1.59. The van der Waals surface area contributed by atoms with Crippen molar-refractivity contribution in [1.82, 2.24) is 0 Å². The lowest BCUT2D eigenvalue weighted by Gasteiger charge is -2.13. The monoisotopic (exact) mass is 521 g/mol. The van der Waals surface area contributed by atoms with Crippen LogP contribution in [0.25, 0.3) is 10.8 Å². The number of aryl methyl sites for hydroxylation is 1. The number of carbonyl (C=O) groups excluding carboxylic acids is 1. The average molecular weight is 522 g/mol. The van der Waals surface area contributed by atoms with Gasteiger partial charge < -0.3 is 19.9 Å². The van der Waals surface area contributed by atoms with Gasteiger partial charge in [0.2, 0.25) is 0 Å². The molecule has 37 heavy (non-hydrogen) atoms. The van der Waals surface area contributed by atoms with Crippen LogP contribution in [0, 0.1) is 6.92 Å². The second-order valence-corrected chi connectivity index (χ2v) is 9.41. The molecular weight excluding hydrogens is 498 g/mol. The first-order valence-electron chi connectivity index (χ1n) is 10.9. The molecular formula is C26H23N3O7S. The zero-order valence-electron chi connectivity index (χ0n) is 20.1. The lowest BCUT2D eigenvalue weighted by Crippen LogP contribution is -2.13. The summed E-state index contributed by atoms with van der Waals surface area (Å²) in [5.41, 5.74) is 1.24. The number of nitrogens with zero attached hydrogens (tertiary/aromatic N) is 2. The standard InChI is InChI=1S/C26H23N3O7S/c1-15-12-17(35-2)8-10-21(15)27-26(31)20-13-16-6-4-5-7-19(16)24(25(20)30)29-28-22-14-18(37(32,33)34)9-11-23(22)36-3/h4-14,30H,1-3H3,(H,27,31)(H,32,33,34). The number of ether oxygens (including phenoxy) is 2. The lowest BCUT2D eigenvalue weighted by molar-refractivity contribution is 0.102. The third-order valence-electron chi connectivity index (χ3n) is 5.63. The second kappa shape index (κ2) is 10.2. The maximum Gasteiger partial charge on any atom is 0.294 e. The van der Waals surface area contributed by atoms with Gasteiger partial charge in [0.1, 0.15) is 22.9 Å². The van der Waals surface area contributed by atoms with Crippen LogP contribution < -0.4 is 14.8 Å². The van der Waals surface area contributed by atoms with Crippen LogP contribution in [0.4, 0.5) is 17.1 Å². The normalized spacial score (nSPS) is 11.6. The van der Waals surface area contributed by atoms with Crippen LogP contribution in [0.3, 0.4) is 0 Å². The van der Waals surface area contributed by atoms with Crippen molar-refractivity contribution in [1.29, 1.82) is 0 Å². The highest BCUT2D eigenvalue weighted by Gasteiger charge is 2.20. The van der Waals surface area contributed by atoms with Gasteiger partial charge in [0.15, 0.2) is 5.75 Å². The van der Waals surface area contributed by atoms with Crippen LogP contribution in [-0.4, -0.2) is 38.2 Å². The molecule has 0 unspecified atom stereocenters. The first kappa shape index (κ1) is 25.6. The van der Waals surface area contributed by atoms with Crippen LogP contribution >= 0.6 is 0 Å². The number of rotatable bonds is 7. The van der Waals surface area contributed by atoms with E-state index in [1.165, 1.54) is 19.2 Å². The maximum absolute atomic E-state index is 13.2. The summed E-state index contributed by atoms with van der Waals surface area (Å²) in [6.07, 6.45) is 0. The summed E-state index contributed by atoms with van der Waals surface area (Å²) >= 11 is 0.